The van der Waals surface area contributed by atoms with Gasteiger partial charge >= 0.3 is 0 Å². The summed E-state index contributed by atoms with van der Waals surface area (Å²) in [6.07, 6.45) is 1.35. The van der Waals surface area contributed by atoms with Crippen LogP contribution in [0.2, 0.25) is 0 Å². The minimum Gasteiger partial charge on any atom is -0.497 e. The molecule has 0 spiro atoms. The highest BCUT2D eigenvalue weighted by Crippen LogP contribution is 2.51. The second-order valence-corrected chi connectivity index (χ2v) is 6.99. The molecule has 1 saturated carbocycles. The molecule has 2 unspecified atom stereocenters. The van der Waals surface area contributed by atoms with Crippen molar-refractivity contribution in [1.29, 1.82) is 0 Å². The summed E-state index contributed by atoms with van der Waals surface area (Å²) in [6, 6.07) is 13.3. The quantitative estimate of drug-likeness (QED) is 0.869. The Labute approximate surface area is 127 Å². The van der Waals surface area contributed by atoms with Crippen LogP contribution in [0.25, 0.3) is 10.8 Å². The van der Waals surface area contributed by atoms with E-state index in [1.807, 2.05) is 6.07 Å². The number of nitrogens with one attached hydrogen (secondary N) is 1. The Morgan fingerprint density at radius 3 is 2.52 bits per heavy atom. The third-order valence-electron chi connectivity index (χ3n) is 4.96. The van der Waals surface area contributed by atoms with Crippen LogP contribution in [0, 0.1) is 11.3 Å². The largest absolute Gasteiger partial charge is 0.497 e. The van der Waals surface area contributed by atoms with Crippen molar-refractivity contribution in [3.63, 3.8) is 0 Å². The zero-order valence-electron chi connectivity index (χ0n) is 13.4. The predicted octanol–water partition coefficient (Wildman–Crippen LogP) is 4.55. The molecule has 1 aliphatic rings. The maximum Gasteiger partial charge on any atom is 0.119 e. The van der Waals surface area contributed by atoms with Gasteiger partial charge in [0, 0.05) is 6.04 Å². The molecule has 0 bridgehead atoms. The Kier molecular flexibility index (Phi) is 3.66. The summed E-state index contributed by atoms with van der Waals surface area (Å²) in [4.78, 5) is 0. The molecule has 1 aliphatic carbocycles. The molecule has 0 aliphatic heterocycles. The fourth-order valence-electron chi connectivity index (χ4n) is 3.00. The van der Waals surface area contributed by atoms with E-state index >= 15 is 0 Å². The van der Waals surface area contributed by atoms with E-state index in [1.54, 1.807) is 7.11 Å². The summed E-state index contributed by atoms with van der Waals surface area (Å²) >= 11 is 0. The van der Waals surface area contributed by atoms with Gasteiger partial charge in [-0.15, -0.1) is 0 Å². The summed E-state index contributed by atoms with van der Waals surface area (Å²) in [5, 5.41) is 6.18. The van der Waals surface area contributed by atoms with E-state index in [1.165, 1.54) is 22.8 Å². The summed E-state index contributed by atoms with van der Waals surface area (Å²) in [6.45, 7) is 8.08. The third kappa shape index (κ3) is 3.06. The molecule has 2 aromatic rings. The van der Waals surface area contributed by atoms with E-state index in [-0.39, 0.29) is 0 Å². The molecular weight excluding hydrogens is 258 g/mol. The van der Waals surface area contributed by atoms with Crippen LogP contribution < -0.4 is 10.1 Å². The maximum absolute atomic E-state index is 5.28. The summed E-state index contributed by atoms with van der Waals surface area (Å²) in [7, 11) is 1.71. The van der Waals surface area contributed by atoms with Gasteiger partial charge in [0.25, 0.3) is 0 Å². The molecule has 2 nitrogen and oxygen atoms in total. The van der Waals surface area contributed by atoms with Crippen LogP contribution in [0.5, 0.6) is 5.75 Å². The smallest absolute Gasteiger partial charge is 0.119 e. The Hall–Kier alpha value is -1.54. The number of hydrogen-bond acceptors (Lipinski definition) is 2. The fourth-order valence-corrected chi connectivity index (χ4v) is 3.00. The van der Waals surface area contributed by atoms with Gasteiger partial charge in [0.1, 0.15) is 5.75 Å². The van der Waals surface area contributed by atoms with Crippen LogP contribution in [-0.2, 0) is 0 Å². The lowest BCUT2D eigenvalue weighted by molar-refractivity contribution is 0.415. The van der Waals surface area contributed by atoms with Crippen LogP contribution in [0.15, 0.2) is 36.4 Å². The van der Waals surface area contributed by atoms with Gasteiger partial charge in [-0.25, -0.2) is 0 Å². The van der Waals surface area contributed by atoms with Gasteiger partial charge in [0.2, 0.25) is 0 Å². The van der Waals surface area contributed by atoms with E-state index in [0.29, 0.717) is 11.5 Å². The van der Waals surface area contributed by atoms with Crippen molar-refractivity contribution in [2.24, 2.45) is 11.3 Å². The van der Waals surface area contributed by atoms with E-state index in [2.05, 4.69) is 56.4 Å². The lowest BCUT2D eigenvalue weighted by Gasteiger charge is -2.16. The van der Waals surface area contributed by atoms with Crippen LogP contribution in [-0.4, -0.2) is 13.7 Å². The number of hydrogen-bond donors (Lipinski definition) is 1. The van der Waals surface area contributed by atoms with Crippen molar-refractivity contribution in [3.8, 4) is 5.75 Å². The van der Waals surface area contributed by atoms with Crippen molar-refractivity contribution >= 4 is 10.8 Å². The van der Waals surface area contributed by atoms with Crippen LogP contribution in [0.1, 0.15) is 38.8 Å². The molecule has 112 valence electrons. The van der Waals surface area contributed by atoms with Gasteiger partial charge in [-0.3, -0.25) is 0 Å². The molecule has 2 heteroatoms. The molecule has 0 radical (unpaired) electrons. The van der Waals surface area contributed by atoms with Gasteiger partial charge in [0.05, 0.1) is 7.11 Å². The molecule has 2 aromatic carbocycles. The number of fused-ring (bicyclic) bond motifs is 1. The average molecular weight is 283 g/mol. The van der Waals surface area contributed by atoms with Crippen molar-refractivity contribution < 1.29 is 4.74 Å². The van der Waals surface area contributed by atoms with Gasteiger partial charge in [0.15, 0.2) is 0 Å². The van der Waals surface area contributed by atoms with E-state index in [4.69, 9.17) is 4.74 Å². The standard InChI is InChI=1S/C19H25NO/c1-13(20-12-17-11-19(17,2)3)14-5-6-16-10-18(21-4)8-7-15(16)9-14/h5-10,13,17,20H,11-12H2,1-4H3. The minimum atomic E-state index is 0.396. The van der Waals surface area contributed by atoms with Crippen LogP contribution >= 0.6 is 0 Å². The summed E-state index contributed by atoms with van der Waals surface area (Å²) in [5.74, 6) is 1.75. The molecule has 3 rings (SSSR count). The van der Waals surface area contributed by atoms with Crippen LogP contribution in [0.3, 0.4) is 0 Å². The van der Waals surface area contributed by atoms with Gasteiger partial charge in [-0.05, 0) is 65.8 Å². The molecule has 0 heterocycles. The highest BCUT2D eigenvalue weighted by molar-refractivity contribution is 5.84. The highest BCUT2D eigenvalue weighted by atomic mass is 16.5. The molecule has 0 amide bonds. The lowest BCUT2D eigenvalue weighted by Crippen LogP contribution is -2.22. The summed E-state index contributed by atoms with van der Waals surface area (Å²) in [5.41, 5.74) is 1.90. The topological polar surface area (TPSA) is 21.3 Å². The Bertz CT molecular complexity index is 647. The minimum absolute atomic E-state index is 0.396. The molecule has 21 heavy (non-hydrogen) atoms. The number of rotatable bonds is 5. The van der Waals surface area contributed by atoms with Crippen molar-refractivity contribution in [2.75, 3.05) is 13.7 Å². The van der Waals surface area contributed by atoms with Crippen LogP contribution in [0.4, 0.5) is 0 Å². The predicted molar refractivity (Wildman–Crippen MR) is 88.8 cm³/mol. The average Bonchev–Trinajstić information content (AvgIpc) is 3.10. The second kappa shape index (κ2) is 5.34. The Morgan fingerprint density at radius 2 is 1.86 bits per heavy atom. The van der Waals surface area contributed by atoms with E-state index in [0.717, 1.165) is 18.2 Å². The summed E-state index contributed by atoms with van der Waals surface area (Å²) < 4.78 is 5.28. The first kappa shape index (κ1) is 14.4. The normalized spacial score (nSPS) is 21.2. The first-order valence-corrected chi connectivity index (χ1v) is 7.81. The zero-order chi connectivity index (χ0) is 15.0. The van der Waals surface area contributed by atoms with Crippen molar-refractivity contribution in [1.82, 2.24) is 5.32 Å². The molecule has 0 aromatic heterocycles. The van der Waals surface area contributed by atoms with Gasteiger partial charge < -0.3 is 10.1 Å². The first-order chi connectivity index (χ1) is 9.99. The second-order valence-electron chi connectivity index (χ2n) is 6.99. The van der Waals surface area contributed by atoms with E-state index < -0.39 is 0 Å². The highest BCUT2D eigenvalue weighted by Gasteiger charge is 2.44. The van der Waals surface area contributed by atoms with Gasteiger partial charge in [-0.1, -0.05) is 32.0 Å². The number of methoxy groups -OCH3 is 1. The van der Waals surface area contributed by atoms with Crippen molar-refractivity contribution in [2.45, 2.75) is 33.2 Å². The molecular formula is C19H25NO. The van der Waals surface area contributed by atoms with Gasteiger partial charge in [-0.2, -0.15) is 0 Å². The zero-order valence-corrected chi connectivity index (χ0v) is 13.4. The number of benzene rings is 2. The maximum atomic E-state index is 5.28. The molecule has 1 N–H and O–H groups in total. The van der Waals surface area contributed by atoms with E-state index in [9.17, 15) is 0 Å². The Balaban J connectivity index is 1.71. The van der Waals surface area contributed by atoms with Crippen molar-refractivity contribution in [3.05, 3.63) is 42.0 Å². The molecule has 0 saturated heterocycles. The number of ether oxygens (including phenoxy) is 1. The molecule has 1 fully saturated rings. The SMILES string of the molecule is COc1ccc2cc(C(C)NCC3CC3(C)C)ccc2c1. The Morgan fingerprint density at radius 1 is 1.19 bits per heavy atom. The third-order valence-corrected chi connectivity index (χ3v) is 4.96. The fraction of sp³-hybridized carbons (Fsp3) is 0.474. The lowest BCUT2D eigenvalue weighted by atomic mass is 10.0. The monoisotopic (exact) mass is 283 g/mol. The first-order valence-electron chi connectivity index (χ1n) is 7.81. The molecule has 2 atom stereocenters.